The molecule has 0 saturated carbocycles. The molecule has 0 aliphatic heterocycles. The highest BCUT2D eigenvalue weighted by atomic mass is 16.7. The number of hydrogen-bond acceptors (Lipinski definition) is 6. The number of ether oxygens (including phenoxy) is 4. The predicted octanol–water partition coefficient (Wildman–Crippen LogP) is 1.80. The number of benzene rings is 1. The molecule has 8 nitrogen and oxygen atoms in total. The van der Waals surface area contributed by atoms with Crippen LogP contribution in [0.25, 0.3) is 0 Å². The number of methoxy groups -OCH3 is 4. The Morgan fingerprint density at radius 1 is 0.963 bits per heavy atom. The third kappa shape index (κ3) is 5.26. The minimum Gasteiger partial charge on any atom is -0.371 e. The van der Waals surface area contributed by atoms with Gasteiger partial charge in [-0.25, -0.2) is 5.43 Å². The van der Waals surface area contributed by atoms with E-state index in [0.29, 0.717) is 13.1 Å². The number of hydrogen-bond donors (Lipinski definition) is 1. The van der Waals surface area contributed by atoms with Crippen molar-refractivity contribution in [3.8, 4) is 0 Å². The lowest BCUT2D eigenvalue weighted by Crippen LogP contribution is -2.43. The fourth-order valence-electron chi connectivity index (χ4n) is 2.78. The summed E-state index contributed by atoms with van der Waals surface area (Å²) in [6, 6.07) is 10.2. The fraction of sp³-hybridized carbons (Fsp3) is 0.579. The van der Waals surface area contributed by atoms with Gasteiger partial charge >= 0.3 is 5.82 Å². The molecule has 2 rings (SSSR count). The zero-order valence-electron chi connectivity index (χ0n) is 17.0. The Labute approximate surface area is 161 Å². The molecule has 0 aliphatic rings. The highest BCUT2D eigenvalue weighted by Crippen LogP contribution is 2.19. The van der Waals surface area contributed by atoms with E-state index >= 15 is 0 Å². The zero-order chi connectivity index (χ0) is 19.8. The zero-order valence-corrected chi connectivity index (χ0v) is 17.0. The van der Waals surface area contributed by atoms with Crippen LogP contribution in [-0.4, -0.2) is 51.0 Å². The van der Waals surface area contributed by atoms with Gasteiger partial charge in [-0.3, -0.25) is 0 Å². The van der Waals surface area contributed by atoms with E-state index in [1.165, 1.54) is 0 Å². The highest BCUT2D eigenvalue weighted by molar-refractivity contribution is 5.13. The lowest BCUT2D eigenvalue weighted by atomic mass is 10.2. The summed E-state index contributed by atoms with van der Waals surface area (Å²) in [6.45, 7) is 5.02. The topological polar surface area (TPSA) is 70.7 Å². The van der Waals surface area contributed by atoms with E-state index in [2.05, 4.69) is 17.6 Å². The van der Waals surface area contributed by atoms with E-state index in [-0.39, 0.29) is 18.5 Å². The molecular weight excluding hydrogens is 348 g/mol. The first-order valence-electron chi connectivity index (χ1n) is 8.97. The Balaban J connectivity index is 2.45. The van der Waals surface area contributed by atoms with Crippen LogP contribution in [0.1, 0.15) is 43.3 Å². The summed E-state index contributed by atoms with van der Waals surface area (Å²) in [4.78, 5) is 0. The normalized spacial score (nSPS) is 13.7. The van der Waals surface area contributed by atoms with Gasteiger partial charge in [-0.2, -0.15) is 0 Å². The average molecular weight is 379 g/mol. The first-order valence-corrected chi connectivity index (χ1v) is 8.97. The lowest BCUT2D eigenvalue weighted by molar-refractivity contribution is -0.754. The Bertz CT molecular complexity index is 689. The molecule has 1 N–H and O–H groups in total. The largest absolute Gasteiger partial charge is 0.371 e. The first kappa shape index (κ1) is 21.3. The van der Waals surface area contributed by atoms with Crippen molar-refractivity contribution in [2.75, 3.05) is 40.4 Å². The van der Waals surface area contributed by atoms with Crippen LogP contribution in [0.5, 0.6) is 0 Å². The van der Waals surface area contributed by atoms with Crippen molar-refractivity contribution in [3.63, 3.8) is 0 Å². The van der Waals surface area contributed by atoms with E-state index < -0.39 is 0 Å². The second kappa shape index (κ2) is 10.4. The molecule has 0 spiro atoms. The summed E-state index contributed by atoms with van der Waals surface area (Å²) < 4.78 is 25.6. The second-order valence-corrected chi connectivity index (χ2v) is 6.21. The molecule has 0 saturated heterocycles. The van der Waals surface area contributed by atoms with Crippen LogP contribution in [0.4, 0.5) is 0 Å². The average Bonchev–Trinajstić information content (AvgIpc) is 3.06. The van der Waals surface area contributed by atoms with Crippen LogP contribution < -0.4 is 10.1 Å². The minimum absolute atomic E-state index is 0.185. The van der Waals surface area contributed by atoms with Gasteiger partial charge in [-0.1, -0.05) is 30.3 Å². The Morgan fingerprint density at radius 2 is 1.59 bits per heavy atom. The van der Waals surface area contributed by atoms with Gasteiger partial charge < -0.3 is 18.9 Å². The summed E-state index contributed by atoms with van der Waals surface area (Å²) in [5.74, 6) is 1.63. The predicted molar refractivity (Wildman–Crippen MR) is 101 cm³/mol. The van der Waals surface area contributed by atoms with Gasteiger partial charge in [0.15, 0.2) is 12.4 Å². The Morgan fingerprint density at radius 3 is 2.15 bits per heavy atom. The van der Waals surface area contributed by atoms with E-state index in [1.54, 1.807) is 28.4 Å². The molecule has 8 heteroatoms. The van der Waals surface area contributed by atoms with E-state index in [1.807, 2.05) is 41.4 Å². The van der Waals surface area contributed by atoms with Crippen LogP contribution in [0.2, 0.25) is 0 Å². The fourth-order valence-corrected chi connectivity index (χ4v) is 2.78. The van der Waals surface area contributed by atoms with Crippen LogP contribution >= 0.6 is 0 Å². The summed E-state index contributed by atoms with van der Waals surface area (Å²) in [5.41, 5.74) is 4.50. The SMILES string of the molecule is COC(CNn1c([C@H](C)OC)n[n+](Cc2ccccc2)c1[C@H](C)OC)OC. The summed E-state index contributed by atoms with van der Waals surface area (Å²) in [7, 11) is 6.56. The molecule has 0 unspecified atom stereocenters. The maximum Gasteiger partial charge on any atom is 0.331 e. The van der Waals surface area contributed by atoms with E-state index in [9.17, 15) is 0 Å². The number of nitrogens with zero attached hydrogens (tertiary/aromatic N) is 3. The van der Waals surface area contributed by atoms with Crippen molar-refractivity contribution in [2.24, 2.45) is 0 Å². The van der Waals surface area contributed by atoms with Crippen LogP contribution in [0.15, 0.2) is 30.3 Å². The molecule has 2 atom stereocenters. The standard InChI is InChI=1S/C19H31N4O4/c1-14(24-3)18-21-22(13-16-10-8-7-9-11-16)19(15(2)25-4)23(18)20-12-17(26-5)27-6/h7-11,14-15,17,20H,12-13H2,1-6H3/q+1/t14-,15-/m0/s1. The van der Waals surface area contributed by atoms with Gasteiger partial charge in [0.25, 0.3) is 5.82 Å². The molecule has 0 amide bonds. The number of nitrogens with one attached hydrogen (secondary N) is 1. The van der Waals surface area contributed by atoms with Gasteiger partial charge in [0.2, 0.25) is 0 Å². The summed E-state index contributed by atoms with van der Waals surface area (Å²) in [6.07, 6.45) is -0.776. The molecule has 2 aromatic rings. The van der Waals surface area contributed by atoms with Crippen molar-refractivity contribution in [2.45, 2.75) is 38.9 Å². The molecular formula is C19H31N4O4+. The highest BCUT2D eigenvalue weighted by Gasteiger charge is 2.34. The molecule has 150 valence electrons. The number of aromatic nitrogens is 3. The van der Waals surface area contributed by atoms with Gasteiger partial charge in [-0.15, -0.1) is 9.36 Å². The smallest absolute Gasteiger partial charge is 0.331 e. The Hall–Kier alpha value is -2.00. The first-order chi connectivity index (χ1) is 13.0. The van der Waals surface area contributed by atoms with Gasteiger partial charge in [-0.05, 0) is 24.5 Å². The van der Waals surface area contributed by atoms with Gasteiger partial charge in [0.1, 0.15) is 19.2 Å². The third-order valence-corrected chi connectivity index (χ3v) is 4.50. The molecule has 0 bridgehead atoms. The summed E-state index contributed by atoms with van der Waals surface area (Å²) in [5, 5.41) is 4.81. The van der Waals surface area contributed by atoms with Crippen molar-refractivity contribution < 1.29 is 23.6 Å². The van der Waals surface area contributed by atoms with Gasteiger partial charge in [0.05, 0.1) is 0 Å². The van der Waals surface area contributed by atoms with E-state index in [4.69, 9.17) is 24.0 Å². The molecule has 1 aromatic carbocycles. The third-order valence-electron chi connectivity index (χ3n) is 4.50. The molecule has 0 fully saturated rings. The van der Waals surface area contributed by atoms with Gasteiger partial charge in [0, 0.05) is 28.4 Å². The van der Waals surface area contributed by atoms with Crippen molar-refractivity contribution in [3.05, 3.63) is 47.5 Å². The quantitative estimate of drug-likeness (QED) is 0.474. The number of rotatable bonds is 11. The van der Waals surface area contributed by atoms with Crippen LogP contribution in [0.3, 0.4) is 0 Å². The minimum atomic E-state index is -0.383. The summed E-state index contributed by atoms with van der Waals surface area (Å²) >= 11 is 0. The molecule has 27 heavy (non-hydrogen) atoms. The second-order valence-electron chi connectivity index (χ2n) is 6.21. The Kier molecular flexibility index (Phi) is 8.18. The lowest BCUT2D eigenvalue weighted by Gasteiger charge is -2.16. The van der Waals surface area contributed by atoms with Crippen LogP contribution in [0, 0.1) is 0 Å². The van der Waals surface area contributed by atoms with Crippen LogP contribution in [-0.2, 0) is 25.5 Å². The van der Waals surface area contributed by atoms with Crippen molar-refractivity contribution in [1.82, 2.24) is 9.77 Å². The maximum absolute atomic E-state index is 5.62. The molecule has 1 heterocycles. The maximum atomic E-state index is 5.62. The monoisotopic (exact) mass is 379 g/mol. The van der Waals surface area contributed by atoms with E-state index in [0.717, 1.165) is 17.2 Å². The molecule has 1 aromatic heterocycles. The van der Waals surface area contributed by atoms with Crippen molar-refractivity contribution in [1.29, 1.82) is 0 Å². The molecule has 0 aliphatic carbocycles. The van der Waals surface area contributed by atoms with Crippen molar-refractivity contribution >= 4 is 0 Å². The molecule has 0 radical (unpaired) electrons.